The lowest BCUT2D eigenvalue weighted by Gasteiger charge is -2.29. The van der Waals surface area contributed by atoms with Gasteiger partial charge in [0.1, 0.15) is 0 Å². The summed E-state index contributed by atoms with van der Waals surface area (Å²) in [4.78, 5) is 15.2. The van der Waals surface area contributed by atoms with Gasteiger partial charge in [0.25, 0.3) is 5.91 Å². The largest absolute Gasteiger partial charge is 0.378 e. The summed E-state index contributed by atoms with van der Waals surface area (Å²) in [7, 11) is 0. The highest BCUT2D eigenvalue weighted by molar-refractivity contribution is 6.32. The number of benzene rings is 2. The summed E-state index contributed by atoms with van der Waals surface area (Å²) in [5.41, 5.74) is 5.54. The number of ether oxygens (including phenoxy) is 1. The van der Waals surface area contributed by atoms with Crippen molar-refractivity contribution in [3.63, 3.8) is 0 Å². The number of aryl methyl sites for hydroxylation is 1. The number of nitrogens with zero attached hydrogens (tertiary/aromatic N) is 3. The Morgan fingerprint density at radius 2 is 1.74 bits per heavy atom. The third-order valence-corrected chi connectivity index (χ3v) is 4.99. The highest BCUT2D eigenvalue weighted by Crippen LogP contribution is 2.27. The molecule has 5 heteroatoms. The first-order chi connectivity index (χ1) is 13.1. The molecule has 0 aliphatic carbocycles. The van der Waals surface area contributed by atoms with Crippen molar-refractivity contribution in [1.82, 2.24) is 0 Å². The Morgan fingerprint density at radius 1 is 1.00 bits per heavy atom. The molecule has 0 spiro atoms. The van der Waals surface area contributed by atoms with Crippen LogP contribution in [0.25, 0.3) is 6.08 Å². The average molecular weight is 361 g/mol. The molecular formula is C22H23N3O2. The molecule has 2 aliphatic heterocycles. The van der Waals surface area contributed by atoms with Crippen LogP contribution in [0.15, 0.2) is 59.2 Å². The molecule has 27 heavy (non-hydrogen) atoms. The maximum Gasteiger partial charge on any atom is 0.280 e. The maximum atomic E-state index is 12.9. The lowest BCUT2D eigenvalue weighted by molar-refractivity contribution is -0.114. The molecule has 2 aromatic rings. The second-order valence-electron chi connectivity index (χ2n) is 6.84. The van der Waals surface area contributed by atoms with Crippen molar-refractivity contribution < 1.29 is 9.53 Å². The summed E-state index contributed by atoms with van der Waals surface area (Å²) in [5, 5.41) is 5.92. The first kappa shape index (κ1) is 17.5. The molecule has 1 fully saturated rings. The molecule has 138 valence electrons. The Bertz CT molecular complexity index is 912. The van der Waals surface area contributed by atoms with E-state index in [0.717, 1.165) is 48.8 Å². The van der Waals surface area contributed by atoms with Crippen LogP contribution < -0.4 is 9.91 Å². The number of amides is 1. The van der Waals surface area contributed by atoms with Gasteiger partial charge in [0.05, 0.1) is 30.2 Å². The third-order valence-electron chi connectivity index (χ3n) is 4.99. The molecule has 0 saturated carbocycles. The predicted octanol–water partition coefficient (Wildman–Crippen LogP) is 3.64. The summed E-state index contributed by atoms with van der Waals surface area (Å²) in [6, 6.07) is 15.9. The van der Waals surface area contributed by atoms with Gasteiger partial charge in [0, 0.05) is 18.8 Å². The summed E-state index contributed by atoms with van der Waals surface area (Å²) in [6.45, 7) is 7.32. The van der Waals surface area contributed by atoms with Gasteiger partial charge >= 0.3 is 0 Å². The van der Waals surface area contributed by atoms with Gasteiger partial charge in [-0.25, -0.2) is 0 Å². The second-order valence-corrected chi connectivity index (χ2v) is 6.84. The molecule has 0 bridgehead atoms. The van der Waals surface area contributed by atoms with E-state index in [1.165, 1.54) is 10.7 Å². The van der Waals surface area contributed by atoms with Gasteiger partial charge in [-0.15, -0.1) is 0 Å². The van der Waals surface area contributed by atoms with Crippen LogP contribution in [0.4, 0.5) is 11.4 Å². The van der Waals surface area contributed by atoms with Crippen molar-refractivity contribution in [1.29, 1.82) is 0 Å². The van der Waals surface area contributed by atoms with Crippen LogP contribution in [0.2, 0.25) is 0 Å². The fraction of sp³-hybridized carbons (Fsp3) is 0.273. The molecular weight excluding hydrogens is 338 g/mol. The van der Waals surface area contributed by atoms with Gasteiger partial charge in [0.2, 0.25) is 0 Å². The van der Waals surface area contributed by atoms with E-state index in [4.69, 9.17) is 4.74 Å². The number of para-hydroxylation sites is 1. The fourth-order valence-corrected chi connectivity index (χ4v) is 3.42. The van der Waals surface area contributed by atoms with E-state index in [-0.39, 0.29) is 5.91 Å². The summed E-state index contributed by atoms with van der Waals surface area (Å²) >= 11 is 0. The molecule has 1 saturated heterocycles. The molecule has 2 heterocycles. The van der Waals surface area contributed by atoms with Gasteiger partial charge in [0.15, 0.2) is 0 Å². The number of anilines is 2. The SMILES string of the molecule is CC1=NN(c2ccccc2)C(=O)/C1=C/c1ccc(N2CCOCC2)cc1C. The van der Waals surface area contributed by atoms with Gasteiger partial charge in [-0.3, -0.25) is 4.79 Å². The monoisotopic (exact) mass is 361 g/mol. The third kappa shape index (κ3) is 3.51. The average Bonchev–Trinajstić information content (AvgIpc) is 2.99. The Hall–Kier alpha value is -2.92. The van der Waals surface area contributed by atoms with Crippen LogP contribution in [-0.2, 0) is 9.53 Å². The van der Waals surface area contributed by atoms with E-state index >= 15 is 0 Å². The number of hydrazone groups is 1. The zero-order valence-corrected chi connectivity index (χ0v) is 15.7. The van der Waals surface area contributed by atoms with Gasteiger partial charge in [-0.1, -0.05) is 24.3 Å². The van der Waals surface area contributed by atoms with Crippen molar-refractivity contribution in [3.8, 4) is 0 Å². The van der Waals surface area contributed by atoms with Gasteiger partial charge < -0.3 is 9.64 Å². The molecule has 1 amide bonds. The van der Waals surface area contributed by atoms with Gasteiger partial charge in [-0.2, -0.15) is 10.1 Å². The molecule has 2 aliphatic rings. The van der Waals surface area contributed by atoms with Crippen LogP contribution in [0, 0.1) is 6.92 Å². The van der Waals surface area contributed by atoms with E-state index in [1.54, 1.807) is 0 Å². The fourth-order valence-electron chi connectivity index (χ4n) is 3.42. The summed E-state index contributed by atoms with van der Waals surface area (Å²) in [5.74, 6) is -0.0876. The minimum absolute atomic E-state index is 0.0876. The van der Waals surface area contributed by atoms with Crippen molar-refractivity contribution in [2.75, 3.05) is 36.2 Å². The highest BCUT2D eigenvalue weighted by Gasteiger charge is 2.28. The lowest BCUT2D eigenvalue weighted by Crippen LogP contribution is -2.36. The Labute approximate surface area is 159 Å². The van der Waals surface area contributed by atoms with Crippen molar-refractivity contribution in [2.45, 2.75) is 13.8 Å². The van der Waals surface area contributed by atoms with E-state index in [9.17, 15) is 4.79 Å². The zero-order valence-electron chi connectivity index (χ0n) is 15.7. The zero-order chi connectivity index (χ0) is 18.8. The summed E-state index contributed by atoms with van der Waals surface area (Å²) < 4.78 is 5.43. The first-order valence-corrected chi connectivity index (χ1v) is 9.23. The quantitative estimate of drug-likeness (QED) is 0.784. The standard InChI is InChI=1S/C22H23N3O2/c1-16-14-20(24-10-12-27-13-11-24)9-8-18(16)15-21-17(2)23-25(22(21)26)19-6-4-3-5-7-19/h3-9,14-15H,10-13H2,1-2H3/b21-15+. The minimum Gasteiger partial charge on any atom is -0.378 e. The second kappa shape index (κ2) is 7.37. The molecule has 0 aromatic heterocycles. The number of hydrogen-bond acceptors (Lipinski definition) is 4. The lowest BCUT2D eigenvalue weighted by atomic mass is 10.0. The molecule has 2 aromatic carbocycles. The van der Waals surface area contributed by atoms with Crippen LogP contribution in [0.3, 0.4) is 0 Å². The van der Waals surface area contributed by atoms with Crippen molar-refractivity contribution in [2.24, 2.45) is 5.10 Å². The number of carbonyl (C=O) groups excluding carboxylic acids is 1. The molecule has 0 unspecified atom stereocenters. The minimum atomic E-state index is -0.0876. The van der Waals surface area contributed by atoms with Crippen LogP contribution >= 0.6 is 0 Å². The van der Waals surface area contributed by atoms with Crippen molar-refractivity contribution >= 4 is 29.1 Å². The first-order valence-electron chi connectivity index (χ1n) is 9.23. The molecule has 0 N–H and O–H groups in total. The molecule has 0 atom stereocenters. The molecule has 0 radical (unpaired) electrons. The number of morpholine rings is 1. The number of hydrogen-bond donors (Lipinski definition) is 0. The van der Waals surface area contributed by atoms with Crippen molar-refractivity contribution in [3.05, 3.63) is 65.2 Å². The Balaban J connectivity index is 1.60. The Morgan fingerprint density at radius 3 is 2.44 bits per heavy atom. The molecule has 5 nitrogen and oxygen atoms in total. The Kier molecular flexibility index (Phi) is 4.77. The topological polar surface area (TPSA) is 45.1 Å². The highest BCUT2D eigenvalue weighted by atomic mass is 16.5. The molecule has 4 rings (SSSR count). The van der Waals surface area contributed by atoms with Crippen LogP contribution in [0.1, 0.15) is 18.1 Å². The normalized spacial score (nSPS) is 19.0. The van der Waals surface area contributed by atoms with E-state index in [0.29, 0.717) is 5.57 Å². The number of rotatable bonds is 3. The predicted molar refractivity (Wildman–Crippen MR) is 109 cm³/mol. The van der Waals surface area contributed by atoms with Crippen LogP contribution in [-0.4, -0.2) is 37.9 Å². The summed E-state index contributed by atoms with van der Waals surface area (Å²) in [6.07, 6.45) is 1.95. The number of carbonyl (C=O) groups is 1. The smallest absolute Gasteiger partial charge is 0.280 e. The maximum absolute atomic E-state index is 12.9. The van der Waals surface area contributed by atoms with E-state index < -0.39 is 0 Å². The van der Waals surface area contributed by atoms with Gasteiger partial charge in [-0.05, 0) is 55.3 Å². The van der Waals surface area contributed by atoms with E-state index in [2.05, 4.69) is 35.1 Å². The van der Waals surface area contributed by atoms with Crippen LogP contribution in [0.5, 0.6) is 0 Å². The van der Waals surface area contributed by atoms with E-state index in [1.807, 2.05) is 43.3 Å².